The maximum absolute atomic E-state index is 12.9. The van der Waals surface area contributed by atoms with Crippen molar-refractivity contribution in [3.05, 3.63) is 60.7 Å². The number of benzene rings is 2. The van der Waals surface area contributed by atoms with E-state index in [9.17, 15) is 4.79 Å². The Labute approximate surface area is 167 Å². The Kier molecular flexibility index (Phi) is 6.45. The van der Waals surface area contributed by atoms with Crippen LogP contribution in [-0.2, 0) is 0 Å². The summed E-state index contributed by atoms with van der Waals surface area (Å²) in [5, 5.41) is 0. The molecule has 144 valence electrons. The maximum atomic E-state index is 12.9. The number of anilines is 2. The number of para-hydroxylation sites is 2. The van der Waals surface area contributed by atoms with Gasteiger partial charge in [-0.2, -0.15) is 0 Å². The largest absolute Gasteiger partial charge is 0.368 e. The number of hydrogen-bond acceptors (Lipinski definition) is 3. The molecular formula is C21H27ClN4O. The monoisotopic (exact) mass is 386 g/mol. The summed E-state index contributed by atoms with van der Waals surface area (Å²) in [6, 6.07) is 21.1. The Bertz CT molecular complexity index is 650. The van der Waals surface area contributed by atoms with Crippen LogP contribution in [0, 0.1) is 0 Å². The van der Waals surface area contributed by atoms with Gasteiger partial charge < -0.3 is 19.6 Å². The molecule has 27 heavy (non-hydrogen) atoms. The van der Waals surface area contributed by atoms with E-state index >= 15 is 0 Å². The van der Waals surface area contributed by atoms with E-state index in [-0.39, 0.29) is 18.4 Å². The average molecular weight is 387 g/mol. The second kappa shape index (κ2) is 9.00. The van der Waals surface area contributed by atoms with Gasteiger partial charge in [-0.3, -0.25) is 0 Å². The van der Waals surface area contributed by atoms with E-state index < -0.39 is 0 Å². The first-order chi connectivity index (χ1) is 12.8. The molecule has 4 rings (SSSR count). The summed E-state index contributed by atoms with van der Waals surface area (Å²) in [6.45, 7) is 6.80. The van der Waals surface area contributed by atoms with Crippen LogP contribution in [0.3, 0.4) is 0 Å². The number of carbonyl (C=O) groups excluding carboxylic acids is 1. The summed E-state index contributed by atoms with van der Waals surface area (Å²) in [6.07, 6.45) is 0. The second-order valence-corrected chi connectivity index (χ2v) is 6.90. The van der Waals surface area contributed by atoms with Crippen LogP contribution in [-0.4, -0.2) is 68.2 Å². The summed E-state index contributed by atoms with van der Waals surface area (Å²) in [4.78, 5) is 21.6. The van der Waals surface area contributed by atoms with Crippen LogP contribution in [0.1, 0.15) is 0 Å². The van der Waals surface area contributed by atoms with Gasteiger partial charge in [0, 0.05) is 63.7 Å². The van der Waals surface area contributed by atoms with Gasteiger partial charge in [-0.25, -0.2) is 4.79 Å². The van der Waals surface area contributed by atoms with Gasteiger partial charge in [0.1, 0.15) is 0 Å². The van der Waals surface area contributed by atoms with Crippen LogP contribution in [0.15, 0.2) is 60.7 Å². The van der Waals surface area contributed by atoms with Crippen molar-refractivity contribution in [2.45, 2.75) is 0 Å². The topological polar surface area (TPSA) is 30.0 Å². The molecule has 2 amide bonds. The molecule has 0 aromatic heterocycles. The van der Waals surface area contributed by atoms with Crippen molar-refractivity contribution in [2.75, 3.05) is 62.2 Å². The predicted octanol–water partition coefficient (Wildman–Crippen LogP) is 3.17. The number of nitrogens with zero attached hydrogens (tertiary/aromatic N) is 4. The van der Waals surface area contributed by atoms with Gasteiger partial charge in [0.05, 0.1) is 0 Å². The van der Waals surface area contributed by atoms with Crippen molar-refractivity contribution in [3.63, 3.8) is 0 Å². The van der Waals surface area contributed by atoms with Crippen LogP contribution in [0.4, 0.5) is 16.2 Å². The lowest BCUT2D eigenvalue weighted by Crippen LogP contribution is -2.57. The minimum atomic E-state index is 0. The molecule has 2 aliphatic rings. The van der Waals surface area contributed by atoms with E-state index in [0.717, 1.165) is 52.4 Å². The van der Waals surface area contributed by atoms with Gasteiger partial charge in [0.15, 0.2) is 0 Å². The lowest BCUT2D eigenvalue weighted by molar-refractivity contribution is 0.147. The summed E-state index contributed by atoms with van der Waals surface area (Å²) < 4.78 is 0. The molecule has 2 aromatic carbocycles. The van der Waals surface area contributed by atoms with Crippen LogP contribution in [0.2, 0.25) is 0 Å². The molecule has 6 heteroatoms. The molecule has 0 N–H and O–H groups in total. The molecule has 0 saturated carbocycles. The number of urea groups is 1. The molecule has 0 unspecified atom stereocenters. The van der Waals surface area contributed by atoms with E-state index in [1.54, 1.807) is 0 Å². The number of carbonyl (C=O) groups is 1. The van der Waals surface area contributed by atoms with Crippen LogP contribution >= 0.6 is 12.4 Å². The molecule has 0 bridgehead atoms. The quantitative estimate of drug-likeness (QED) is 0.794. The Balaban J connectivity index is 0.00000210. The van der Waals surface area contributed by atoms with E-state index in [4.69, 9.17) is 0 Å². The van der Waals surface area contributed by atoms with Crippen LogP contribution in [0.25, 0.3) is 0 Å². The fraction of sp³-hybridized carbons (Fsp3) is 0.381. The molecule has 0 radical (unpaired) electrons. The zero-order valence-corrected chi connectivity index (χ0v) is 16.4. The van der Waals surface area contributed by atoms with Crippen molar-refractivity contribution in [3.8, 4) is 0 Å². The highest BCUT2D eigenvalue weighted by molar-refractivity contribution is 5.85. The van der Waals surface area contributed by atoms with Gasteiger partial charge in [-0.15, -0.1) is 12.4 Å². The lowest BCUT2D eigenvalue weighted by Gasteiger charge is -2.41. The SMILES string of the molecule is Cl.O=C(N1CCN(c2ccccc2)CC1)N1CCN(c2ccccc2)CC1. The molecule has 2 aliphatic heterocycles. The average Bonchev–Trinajstić information content (AvgIpc) is 2.75. The summed E-state index contributed by atoms with van der Waals surface area (Å²) in [5.74, 6) is 0. The third-order valence-corrected chi connectivity index (χ3v) is 5.34. The van der Waals surface area contributed by atoms with Gasteiger partial charge in [0.25, 0.3) is 0 Å². The van der Waals surface area contributed by atoms with Crippen LogP contribution in [0.5, 0.6) is 0 Å². The third kappa shape index (κ3) is 4.48. The fourth-order valence-electron chi connectivity index (χ4n) is 3.79. The standard InChI is InChI=1S/C21H26N4O.ClH/c26-21(24-15-11-22(12-16-24)19-7-3-1-4-8-19)25-17-13-23(14-18-25)20-9-5-2-6-10-20;/h1-10H,11-18H2;1H. The first-order valence-electron chi connectivity index (χ1n) is 9.45. The zero-order valence-electron chi connectivity index (χ0n) is 15.5. The minimum absolute atomic E-state index is 0. The predicted molar refractivity (Wildman–Crippen MR) is 113 cm³/mol. The Hall–Kier alpha value is -2.40. The van der Waals surface area contributed by atoms with Crippen molar-refractivity contribution in [1.29, 1.82) is 0 Å². The van der Waals surface area contributed by atoms with Crippen molar-refractivity contribution >= 4 is 29.8 Å². The number of hydrogen-bond donors (Lipinski definition) is 0. The Morgan fingerprint density at radius 1 is 0.556 bits per heavy atom. The number of rotatable bonds is 2. The highest BCUT2D eigenvalue weighted by Crippen LogP contribution is 2.18. The van der Waals surface area contributed by atoms with Gasteiger partial charge in [0.2, 0.25) is 0 Å². The van der Waals surface area contributed by atoms with E-state index in [2.05, 4.69) is 58.3 Å². The van der Waals surface area contributed by atoms with Crippen LogP contribution < -0.4 is 9.80 Å². The smallest absolute Gasteiger partial charge is 0.320 e. The lowest BCUT2D eigenvalue weighted by atomic mass is 10.2. The molecule has 2 saturated heterocycles. The molecule has 2 aromatic rings. The van der Waals surface area contributed by atoms with E-state index in [0.29, 0.717) is 0 Å². The van der Waals surface area contributed by atoms with Crippen molar-refractivity contribution in [1.82, 2.24) is 9.80 Å². The van der Waals surface area contributed by atoms with Gasteiger partial charge in [-0.1, -0.05) is 36.4 Å². The highest BCUT2D eigenvalue weighted by atomic mass is 35.5. The molecule has 0 atom stereocenters. The Morgan fingerprint density at radius 2 is 0.889 bits per heavy atom. The summed E-state index contributed by atoms with van der Waals surface area (Å²) >= 11 is 0. The fourth-order valence-corrected chi connectivity index (χ4v) is 3.79. The van der Waals surface area contributed by atoms with E-state index in [1.165, 1.54) is 11.4 Å². The normalized spacial score (nSPS) is 17.5. The first-order valence-corrected chi connectivity index (χ1v) is 9.45. The molecular weight excluding hydrogens is 360 g/mol. The molecule has 2 fully saturated rings. The minimum Gasteiger partial charge on any atom is -0.368 e. The third-order valence-electron chi connectivity index (χ3n) is 5.34. The molecule has 0 aliphatic carbocycles. The second-order valence-electron chi connectivity index (χ2n) is 6.90. The summed E-state index contributed by atoms with van der Waals surface area (Å²) in [5.41, 5.74) is 2.49. The van der Waals surface area contributed by atoms with Crippen molar-refractivity contribution in [2.24, 2.45) is 0 Å². The molecule has 0 spiro atoms. The molecule has 5 nitrogen and oxygen atoms in total. The maximum Gasteiger partial charge on any atom is 0.320 e. The Morgan fingerprint density at radius 3 is 1.22 bits per heavy atom. The summed E-state index contributed by atoms with van der Waals surface area (Å²) in [7, 11) is 0. The van der Waals surface area contributed by atoms with Crippen molar-refractivity contribution < 1.29 is 4.79 Å². The highest BCUT2D eigenvalue weighted by Gasteiger charge is 2.27. The van der Waals surface area contributed by atoms with Gasteiger partial charge >= 0.3 is 6.03 Å². The van der Waals surface area contributed by atoms with E-state index in [1.807, 2.05) is 21.9 Å². The van der Waals surface area contributed by atoms with Gasteiger partial charge in [-0.05, 0) is 24.3 Å². The molecule has 2 heterocycles. The first kappa shape index (κ1) is 19.4. The number of halogens is 1. The number of piperazine rings is 2. The number of amides is 2. The zero-order chi connectivity index (χ0) is 17.8.